The van der Waals surface area contributed by atoms with Crippen LogP contribution in [0, 0.1) is 20.6 Å². The van der Waals surface area contributed by atoms with E-state index in [0.29, 0.717) is 5.56 Å². The topological polar surface area (TPSA) is 25.8 Å². The normalized spacial score (nSPS) is 16.0. The Labute approximate surface area is 330 Å². The third kappa shape index (κ3) is 7.71. The number of hydrogen-bond acceptors (Lipinski definition) is 2. The van der Waals surface area contributed by atoms with Gasteiger partial charge in [0.05, 0.1) is 11.4 Å². The first-order chi connectivity index (χ1) is 28.7. The third-order valence-electron chi connectivity index (χ3n) is 11.3. The second-order valence-electron chi connectivity index (χ2n) is 15.3. The molecular formula is C52H50N2. The molecule has 0 aliphatic heterocycles. The largest absolute Gasteiger partial charge is 0.256 e. The van der Waals surface area contributed by atoms with Crippen molar-refractivity contribution in [3.63, 3.8) is 0 Å². The van der Waals surface area contributed by atoms with Crippen molar-refractivity contribution >= 4 is 0 Å². The van der Waals surface area contributed by atoms with Gasteiger partial charge in [-0.1, -0.05) is 153 Å². The van der Waals surface area contributed by atoms with E-state index in [9.17, 15) is 0 Å². The van der Waals surface area contributed by atoms with E-state index in [4.69, 9.17) is 13.2 Å². The summed E-state index contributed by atoms with van der Waals surface area (Å²) in [5.41, 5.74) is 15.1. The van der Waals surface area contributed by atoms with Gasteiger partial charge < -0.3 is 0 Å². The van der Waals surface area contributed by atoms with Crippen molar-refractivity contribution in [3.05, 3.63) is 179 Å². The zero-order valence-corrected chi connectivity index (χ0v) is 31.2. The van der Waals surface area contributed by atoms with Crippen LogP contribution in [0.1, 0.15) is 80.6 Å². The molecule has 1 fully saturated rings. The quantitative estimate of drug-likeness (QED) is 0.149. The highest BCUT2D eigenvalue weighted by atomic mass is 14.7. The van der Waals surface area contributed by atoms with Crippen molar-refractivity contribution in [2.75, 3.05) is 0 Å². The van der Waals surface area contributed by atoms with E-state index in [1.165, 1.54) is 88.9 Å². The molecular weight excluding hydrogens is 653 g/mol. The van der Waals surface area contributed by atoms with E-state index in [-0.39, 0.29) is 22.2 Å². The van der Waals surface area contributed by atoms with E-state index in [1.807, 2.05) is 30.5 Å². The summed E-state index contributed by atoms with van der Waals surface area (Å²) in [6.45, 7) is -0.379. The molecule has 1 saturated carbocycles. The Hall–Kier alpha value is -5.60. The monoisotopic (exact) mass is 708 g/mol. The van der Waals surface area contributed by atoms with Gasteiger partial charge in [0.25, 0.3) is 0 Å². The maximum absolute atomic E-state index is 8.04. The fourth-order valence-electron chi connectivity index (χ4n) is 8.24. The van der Waals surface area contributed by atoms with Gasteiger partial charge in [-0.15, -0.1) is 0 Å². The highest BCUT2D eigenvalue weighted by Crippen LogP contribution is 2.40. The first-order valence-corrected chi connectivity index (χ1v) is 19.2. The molecule has 0 radical (unpaired) electrons. The molecule has 5 aromatic carbocycles. The van der Waals surface area contributed by atoms with Crippen LogP contribution in [-0.4, -0.2) is 9.97 Å². The summed E-state index contributed by atoms with van der Waals surface area (Å²) < 4.78 is 47.3. The molecule has 2 aromatic heterocycles. The first-order valence-electron chi connectivity index (χ1n) is 22.2. The van der Waals surface area contributed by atoms with E-state index in [2.05, 4.69) is 122 Å². The molecule has 7 aromatic rings. The minimum atomic E-state index is -2.50. The van der Waals surface area contributed by atoms with Crippen LogP contribution in [0.15, 0.2) is 146 Å². The van der Waals surface area contributed by atoms with Crippen LogP contribution in [-0.2, 0) is 18.3 Å². The van der Waals surface area contributed by atoms with Crippen LogP contribution in [0.2, 0.25) is 0 Å². The Morgan fingerprint density at radius 1 is 0.556 bits per heavy atom. The van der Waals surface area contributed by atoms with Crippen LogP contribution in [0.4, 0.5) is 0 Å². The Morgan fingerprint density at radius 2 is 1.24 bits per heavy atom. The molecule has 0 unspecified atom stereocenters. The standard InChI is InChI=1S/C52H50N2/c1-36-31-40(13-12-39-14-16-44(17-15-39)51-38(3)30-37(2)35-54-51)33-46(32-36)49-11-7-6-10-48(49)42-18-20-43(21-19-42)50-34-45(26-29-53-50)41-22-24-47(25-23-41)52(4)27-8-5-9-28-52/h6-7,10-11,14-26,29-35H,5,8-9,12-13,27-28H2,1-4H3/i2D3,3D3. The number of pyridine rings is 2. The van der Waals surface area contributed by atoms with Gasteiger partial charge in [0.1, 0.15) is 0 Å². The molecule has 268 valence electrons. The minimum Gasteiger partial charge on any atom is -0.256 e. The predicted molar refractivity (Wildman–Crippen MR) is 228 cm³/mol. The van der Waals surface area contributed by atoms with E-state index < -0.39 is 13.7 Å². The van der Waals surface area contributed by atoms with Gasteiger partial charge in [-0.25, -0.2) is 0 Å². The van der Waals surface area contributed by atoms with Gasteiger partial charge in [0, 0.05) is 31.7 Å². The number of aromatic nitrogens is 2. The summed E-state index contributed by atoms with van der Waals surface area (Å²) in [5, 5.41) is 0. The highest BCUT2D eigenvalue weighted by Gasteiger charge is 2.28. The molecule has 2 heteroatoms. The maximum atomic E-state index is 8.04. The van der Waals surface area contributed by atoms with Gasteiger partial charge in [0.2, 0.25) is 0 Å². The summed E-state index contributed by atoms with van der Waals surface area (Å²) in [7, 11) is 0. The average molecular weight is 709 g/mol. The Bertz CT molecular complexity index is 2600. The van der Waals surface area contributed by atoms with Crippen LogP contribution < -0.4 is 0 Å². The van der Waals surface area contributed by atoms with Crippen LogP contribution in [0.3, 0.4) is 0 Å². The molecule has 0 spiro atoms. The van der Waals surface area contributed by atoms with Crippen molar-refractivity contribution in [2.45, 2.75) is 77.9 Å². The molecule has 0 saturated heterocycles. The maximum Gasteiger partial charge on any atom is 0.0731 e. The Kier molecular flexibility index (Phi) is 8.23. The fourth-order valence-corrected chi connectivity index (χ4v) is 8.24. The van der Waals surface area contributed by atoms with Gasteiger partial charge >= 0.3 is 0 Å². The molecule has 0 bridgehead atoms. The first kappa shape index (κ1) is 28.8. The van der Waals surface area contributed by atoms with Crippen molar-refractivity contribution in [1.29, 1.82) is 0 Å². The summed E-state index contributed by atoms with van der Waals surface area (Å²) in [6.07, 6.45) is 11.3. The van der Waals surface area contributed by atoms with Gasteiger partial charge in [0.15, 0.2) is 0 Å². The van der Waals surface area contributed by atoms with Gasteiger partial charge in [-0.05, 0) is 125 Å². The molecule has 0 atom stereocenters. The molecule has 8 rings (SSSR count). The number of benzene rings is 5. The number of nitrogens with zero attached hydrogens (tertiary/aromatic N) is 2. The summed E-state index contributed by atoms with van der Waals surface area (Å²) in [4.78, 5) is 9.07. The predicted octanol–water partition coefficient (Wildman–Crippen LogP) is 13.7. The van der Waals surface area contributed by atoms with Crippen LogP contribution in [0.25, 0.3) is 55.9 Å². The lowest BCUT2D eigenvalue weighted by molar-refractivity contribution is 0.319. The minimum absolute atomic E-state index is 0.0601. The van der Waals surface area contributed by atoms with Gasteiger partial charge in [-0.3, -0.25) is 9.97 Å². The summed E-state index contributed by atoms with van der Waals surface area (Å²) in [6, 6.07) is 46.5. The van der Waals surface area contributed by atoms with Crippen LogP contribution >= 0.6 is 0 Å². The SMILES string of the molecule is [2H]C([2H])([2H])c1cnc(-c2ccc(CCc3cc(C)cc(-c4ccccc4-c4ccc(-c5cc(-c6ccc(C7(C)CCCCC7)cc6)ccn5)cc4)c3)cc2)c(C([2H])([2H])[2H])c1. The highest BCUT2D eigenvalue weighted by molar-refractivity contribution is 5.85. The Morgan fingerprint density at radius 3 is 1.98 bits per heavy atom. The van der Waals surface area contributed by atoms with Crippen LogP contribution in [0.5, 0.6) is 0 Å². The fraction of sp³-hybridized carbons (Fsp3) is 0.231. The zero-order chi connectivity index (χ0) is 42.1. The van der Waals surface area contributed by atoms with Gasteiger partial charge in [-0.2, -0.15) is 0 Å². The number of aryl methyl sites for hydroxylation is 5. The Balaban J connectivity index is 0.978. The second kappa shape index (κ2) is 15.4. The lowest BCUT2D eigenvalue weighted by Crippen LogP contribution is -2.24. The number of rotatable bonds is 9. The zero-order valence-electron chi connectivity index (χ0n) is 37.2. The van der Waals surface area contributed by atoms with E-state index >= 15 is 0 Å². The molecule has 1 aliphatic carbocycles. The van der Waals surface area contributed by atoms with Crippen molar-refractivity contribution < 1.29 is 8.22 Å². The van der Waals surface area contributed by atoms with Crippen molar-refractivity contribution in [2.24, 2.45) is 0 Å². The smallest absolute Gasteiger partial charge is 0.0731 e. The van der Waals surface area contributed by atoms with E-state index in [1.54, 1.807) is 0 Å². The molecule has 2 nitrogen and oxygen atoms in total. The van der Waals surface area contributed by atoms with Crippen molar-refractivity contribution in [3.8, 4) is 55.9 Å². The van der Waals surface area contributed by atoms with Crippen molar-refractivity contribution in [1.82, 2.24) is 9.97 Å². The lowest BCUT2D eigenvalue weighted by Gasteiger charge is -2.34. The average Bonchev–Trinajstić information content (AvgIpc) is 3.25. The molecule has 0 N–H and O–H groups in total. The summed E-state index contributed by atoms with van der Waals surface area (Å²) >= 11 is 0. The second-order valence-corrected chi connectivity index (χ2v) is 15.3. The lowest BCUT2D eigenvalue weighted by atomic mass is 9.71. The van der Waals surface area contributed by atoms with E-state index in [0.717, 1.165) is 35.2 Å². The molecule has 2 heterocycles. The third-order valence-corrected chi connectivity index (χ3v) is 11.3. The summed E-state index contributed by atoms with van der Waals surface area (Å²) in [5.74, 6) is 0. The molecule has 1 aliphatic rings. The molecule has 54 heavy (non-hydrogen) atoms. The molecule has 0 amide bonds. The number of hydrogen-bond donors (Lipinski definition) is 0.